The Morgan fingerprint density at radius 2 is 1.83 bits per heavy atom. The lowest BCUT2D eigenvalue weighted by Gasteiger charge is -2.35. The molecule has 1 N–H and O–H groups in total. The number of amides is 2. The topological polar surface area (TPSA) is 86.6 Å². The van der Waals surface area contributed by atoms with E-state index in [1.165, 1.54) is 6.92 Å². The third kappa shape index (κ3) is 3.00. The van der Waals surface area contributed by atoms with E-state index >= 15 is 0 Å². The lowest BCUT2D eigenvalue weighted by Crippen LogP contribution is -2.52. The molecular formula is C16H18N4O3. The highest BCUT2D eigenvalue weighted by atomic mass is 16.3. The van der Waals surface area contributed by atoms with E-state index in [2.05, 4.69) is 9.97 Å². The zero-order chi connectivity index (χ0) is 16.4. The van der Waals surface area contributed by atoms with Crippen molar-refractivity contribution in [3.63, 3.8) is 0 Å². The Morgan fingerprint density at radius 1 is 1.13 bits per heavy atom. The maximum Gasteiger partial charge on any atom is 0.254 e. The fourth-order valence-corrected chi connectivity index (χ4v) is 2.74. The molecule has 1 unspecified atom stereocenters. The maximum absolute atomic E-state index is 12.7. The SMILES string of the molecule is CC(O)C(=O)N1CCN(C(=O)c2ccnc3ccncc23)CC1. The highest BCUT2D eigenvalue weighted by Crippen LogP contribution is 2.18. The Hall–Kier alpha value is -2.54. The van der Waals surface area contributed by atoms with E-state index in [-0.39, 0.29) is 11.8 Å². The minimum absolute atomic E-state index is 0.0884. The van der Waals surface area contributed by atoms with Crippen molar-refractivity contribution in [3.05, 3.63) is 36.3 Å². The van der Waals surface area contributed by atoms with Crippen LogP contribution in [-0.2, 0) is 4.79 Å². The van der Waals surface area contributed by atoms with Gasteiger partial charge in [0.2, 0.25) is 0 Å². The molecule has 1 aliphatic heterocycles. The fraction of sp³-hybridized carbons (Fsp3) is 0.375. The van der Waals surface area contributed by atoms with Crippen LogP contribution in [0.5, 0.6) is 0 Å². The number of carbonyl (C=O) groups is 2. The van der Waals surface area contributed by atoms with E-state index in [0.29, 0.717) is 31.7 Å². The van der Waals surface area contributed by atoms with Crippen LogP contribution >= 0.6 is 0 Å². The number of fused-ring (bicyclic) bond motifs is 1. The average molecular weight is 314 g/mol. The minimum atomic E-state index is -1.01. The Kier molecular flexibility index (Phi) is 4.20. The highest BCUT2D eigenvalue weighted by Gasteiger charge is 2.27. The molecule has 3 rings (SSSR count). The molecule has 120 valence electrons. The lowest BCUT2D eigenvalue weighted by molar-refractivity contribution is -0.140. The molecule has 1 fully saturated rings. The Balaban J connectivity index is 1.76. The molecule has 7 heteroatoms. The zero-order valence-corrected chi connectivity index (χ0v) is 12.8. The number of aliphatic hydroxyl groups excluding tert-OH is 1. The van der Waals surface area contributed by atoms with Crippen LogP contribution in [0.2, 0.25) is 0 Å². The lowest BCUT2D eigenvalue weighted by atomic mass is 10.1. The molecule has 7 nitrogen and oxygen atoms in total. The molecule has 0 aliphatic carbocycles. The van der Waals surface area contributed by atoms with E-state index in [9.17, 15) is 14.7 Å². The first-order valence-corrected chi connectivity index (χ1v) is 7.53. The zero-order valence-electron chi connectivity index (χ0n) is 12.8. The predicted octanol–water partition coefficient (Wildman–Crippen LogP) is 0.295. The van der Waals surface area contributed by atoms with Crippen LogP contribution in [0.25, 0.3) is 10.9 Å². The molecule has 1 aliphatic rings. The smallest absolute Gasteiger partial charge is 0.254 e. The maximum atomic E-state index is 12.7. The molecule has 2 aromatic heterocycles. The van der Waals surface area contributed by atoms with Gasteiger partial charge in [-0.15, -0.1) is 0 Å². The van der Waals surface area contributed by atoms with Gasteiger partial charge in [-0.05, 0) is 19.1 Å². The van der Waals surface area contributed by atoms with Gasteiger partial charge in [0.15, 0.2) is 0 Å². The average Bonchev–Trinajstić information content (AvgIpc) is 2.60. The number of aromatic nitrogens is 2. The number of pyridine rings is 2. The highest BCUT2D eigenvalue weighted by molar-refractivity contribution is 6.05. The van der Waals surface area contributed by atoms with Crippen molar-refractivity contribution in [1.82, 2.24) is 19.8 Å². The molecule has 0 saturated carbocycles. The van der Waals surface area contributed by atoms with Crippen molar-refractivity contribution in [1.29, 1.82) is 0 Å². The Labute approximate surface area is 133 Å². The molecule has 1 atom stereocenters. The number of aliphatic hydroxyl groups is 1. The van der Waals surface area contributed by atoms with Gasteiger partial charge in [-0.3, -0.25) is 19.6 Å². The summed E-state index contributed by atoms with van der Waals surface area (Å²) in [4.78, 5) is 36.1. The molecule has 23 heavy (non-hydrogen) atoms. The van der Waals surface area contributed by atoms with Crippen LogP contribution in [-0.4, -0.2) is 69.0 Å². The number of hydrogen-bond donors (Lipinski definition) is 1. The van der Waals surface area contributed by atoms with Crippen molar-refractivity contribution in [3.8, 4) is 0 Å². The van der Waals surface area contributed by atoms with E-state index < -0.39 is 6.10 Å². The summed E-state index contributed by atoms with van der Waals surface area (Å²) in [5.74, 6) is -0.384. The second-order valence-corrected chi connectivity index (χ2v) is 5.54. The van der Waals surface area contributed by atoms with Crippen LogP contribution in [0, 0.1) is 0 Å². The molecule has 0 bridgehead atoms. The van der Waals surface area contributed by atoms with Crippen molar-refractivity contribution < 1.29 is 14.7 Å². The van der Waals surface area contributed by atoms with Crippen LogP contribution in [0.4, 0.5) is 0 Å². The molecular weight excluding hydrogens is 296 g/mol. The third-order valence-corrected chi connectivity index (χ3v) is 4.01. The summed E-state index contributed by atoms with van der Waals surface area (Å²) in [6.07, 6.45) is 3.89. The van der Waals surface area contributed by atoms with Gasteiger partial charge in [0.1, 0.15) is 6.10 Å². The van der Waals surface area contributed by atoms with E-state index in [1.54, 1.807) is 40.5 Å². The standard InChI is InChI=1S/C16H18N4O3/c1-11(21)15(22)19-6-8-20(9-7-19)16(23)12-2-5-18-14-3-4-17-10-13(12)14/h2-5,10-11,21H,6-9H2,1H3. The molecule has 0 radical (unpaired) electrons. The summed E-state index contributed by atoms with van der Waals surface area (Å²) >= 11 is 0. The predicted molar refractivity (Wildman–Crippen MR) is 83.7 cm³/mol. The summed E-state index contributed by atoms with van der Waals surface area (Å²) < 4.78 is 0. The van der Waals surface area contributed by atoms with Gasteiger partial charge in [0.25, 0.3) is 11.8 Å². The van der Waals surface area contributed by atoms with Gasteiger partial charge >= 0.3 is 0 Å². The van der Waals surface area contributed by atoms with Crippen LogP contribution in [0.15, 0.2) is 30.7 Å². The van der Waals surface area contributed by atoms with Crippen molar-refractivity contribution in [2.45, 2.75) is 13.0 Å². The number of carbonyl (C=O) groups excluding carboxylic acids is 2. The summed E-state index contributed by atoms with van der Waals surface area (Å²) in [6, 6.07) is 3.46. The first-order valence-electron chi connectivity index (χ1n) is 7.53. The van der Waals surface area contributed by atoms with Gasteiger partial charge in [-0.2, -0.15) is 0 Å². The number of rotatable bonds is 2. The minimum Gasteiger partial charge on any atom is -0.384 e. The van der Waals surface area contributed by atoms with Crippen LogP contribution < -0.4 is 0 Å². The summed E-state index contributed by atoms with van der Waals surface area (Å²) in [7, 11) is 0. The number of hydrogen-bond acceptors (Lipinski definition) is 5. The molecule has 3 heterocycles. The van der Waals surface area contributed by atoms with E-state index in [0.717, 1.165) is 10.9 Å². The van der Waals surface area contributed by atoms with Gasteiger partial charge < -0.3 is 14.9 Å². The fourth-order valence-electron chi connectivity index (χ4n) is 2.74. The third-order valence-electron chi connectivity index (χ3n) is 4.01. The largest absolute Gasteiger partial charge is 0.384 e. The van der Waals surface area contributed by atoms with E-state index in [1.807, 2.05) is 0 Å². The van der Waals surface area contributed by atoms with Gasteiger partial charge in [-0.25, -0.2) is 0 Å². The second kappa shape index (κ2) is 6.29. The number of nitrogens with zero attached hydrogens (tertiary/aromatic N) is 4. The summed E-state index contributed by atoms with van der Waals surface area (Å²) in [6.45, 7) is 3.20. The van der Waals surface area contributed by atoms with Gasteiger partial charge in [-0.1, -0.05) is 0 Å². The molecule has 0 aromatic carbocycles. The Bertz CT molecular complexity index is 734. The first kappa shape index (κ1) is 15.4. The van der Waals surface area contributed by atoms with Crippen molar-refractivity contribution in [2.24, 2.45) is 0 Å². The second-order valence-electron chi connectivity index (χ2n) is 5.54. The normalized spacial score (nSPS) is 16.4. The quantitative estimate of drug-likeness (QED) is 0.861. The Morgan fingerprint density at radius 3 is 2.52 bits per heavy atom. The van der Waals surface area contributed by atoms with E-state index in [4.69, 9.17) is 0 Å². The summed E-state index contributed by atoms with van der Waals surface area (Å²) in [5, 5.41) is 10.1. The molecule has 0 spiro atoms. The first-order chi connectivity index (χ1) is 11.1. The van der Waals surface area contributed by atoms with Gasteiger partial charge in [0.05, 0.1) is 11.1 Å². The number of piperazine rings is 1. The molecule has 1 saturated heterocycles. The monoisotopic (exact) mass is 314 g/mol. The molecule has 2 amide bonds. The van der Waals surface area contributed by atoms with Crippen molar-refractivity contribution >= 4 is 22.7 Å². The van der Waals surface area contributed by atoms with Crippen LogP contribution in [0.3, 0.4) is 0 Å². The molecule has 2 aromatic rings. The van der Waals surface area contributed by atoms with Crippen molar-refractivity contribution in [2.75, 3.05) is 26.2 Å². The summed E-state index contributed by atoms with van der Waals surface area (Å²) in [5.41, 5.74) is 1.30. The van der Waals surface area contributed by atoms with Gasteiger partial charge in [0, 0.05) is 50.2 Å². The van der Waals surface area contributed by atoms with Crippen LogP contribution in [0.1, 0.15) is 17.3 Å².